The van der Waals surface area contributed by atoms with Gasteiger partial charge in [0.25, 0.3) is 0 Å². The third-order valence-electron chi connectivity index (χ3n) is 3.21. The van der Waals surface area contributed by atoms with Crippen LogP contribution in [-0.4, -0.2) is 44.9 Å². The number of pyridine rings is 1. The summed E-state index contributed by atoms with van der Waals surface area (Å²) in [7, 11) is 1.48. The fourth-order valence-corrected chi connectivity index (χ4v) is 2.07. The molecule has 0 spiro atoms. The number of nitrogens with one attached hydrogen (secondary N) is 1. The maximum absolute atomic E-state index is 11.6. The van der Waals surface area contributed by atoms with Gasteiger partial charge in [-0.25, -0.2) is 4.79 Å². The first-order valence-corrected chi connectivity index (χ1v) is 7.56. The summed E-state index contributed by atoms with van der Waals surface area (Å²) < 4.78 is 10.5. The van der Waals surface area contributed by atoms with Crippen LogP contribution in [0.25, 0.3) is 17.2 Å². The van der Waals surface area contributed by atoms with E-state index in [0.29, 0.717) is 35.2 Å². The van der Waals surface area contributed by atoms with Crippen molar-refractivity contribution in [3.8, 4) is 28.7 Å². The van der Waals surface area contributed by atoms with Crippen molar-refractivity contribution < 1.29 is 14.3 Å². The van der Waals surface area contributed by atoms with Gasteiger partial charge in [0.05, 0.1) is 12.8 Å². The van der Waals surface area contributed by atoms with Crippen LogP contribution in [0.4, 0.5) is 4.79 Å². The Kier molecular flexibility index (Phi) is 4.84. The first-order chi connectivity index (χ1) is 12.2. The number of rotatable bonds is 5. The lowest BCUT2D eigenvalue weighted by Gasteiger charge is -2.10. The Bertz CT molecular complexity index is 865. The molecule has 0 radical (unpaired) electrons. The number of benzene rings is 1. The molecule has 9 nitrogen and oxygen atoms in total. The molecule has 1 N–H and O–H groups in total. The Morgan fingerprint density at radius 2 is 2.12 bits per heavy atom. The van der Waals surface area contributed by atoms with Gasteiger partial charge < -0.3 is 14.8 Å². The summed E-state index contributed by atoms with van der Waals surface area (Å²) in [6.45, 7) is 2.27. The largest absolute Gasteiger partial charge is 0.493 e. The number of hydrogen-bond donors (Lipinski definition) is 1. The van der Waals surface area contributed by atoms with Crippen LogP contribution in [0.15, 0.2) is 42.6 Å². The molecule has 25 heavy (non-hydrogen) atoms. The summed E-state index contributed by atoms with van der Waals surface area (Å²) in [4.78, 5) is 17.1. The SMILES string of the molecule is CCNC(=O)Oc1ccc(-n2nnc(-c3ccccn3)n2)cc1OC. The Balaban J connectivity index is 1.86. The van der Waals surface area contributed by atoms with Gasteiger partial charge in [0, 0.05) is 18.8 Å². The maximum atomic E-state index is 11.6. The van der Waals surface area contributed by atoms with Gasteiger partial charge in [-0.15, -0.1) is 15.0 Å². The van der Waals surface area contributed by atoms with Crippen molar-refractivity contribution >= 4 is 6.09 Å². The second-order valence-electron chi connectivity index (χ2n) is 4.87. The van der Waals surface area contributed by atoms with Crippen LogP contribution >= 0.6 is 0 Å². The van der Waals surface area contributed by atoms with Gasteiger partial charge in [0.1, 0.15) is 5.69 Å². The maximum Gasteiger partial charge on any atom is 0.412 e. The van der Waals surface area contributed by atoms with Crippen molar-refractivity contribution in [1.29, 1.82) is 0 Å². The highest BCUT2D eigenvalue weighted by atomic mass is 16.6. The van der Waals surface area contributed by atoms with Crippen LogP contribution in [0.1, 0.15) is 6.92 Å². The van der Waals surface area contributed by atoms with Crippen molar-refractivity contribution in [2.75, 3.05) is 13.7 Å². The van der Waals surface area contributed by atoms with Gasteiger partial charge in [-0.1, -0.05) is 6.07 Å². The van der Waals surface area contributed by atoms with E-state index in [4.69, 9.17) is 9.47 Å². The Labute approximate surface area is 143 Å². The molecule has 1 aromatic carbocycles. The summed E-state index contributed by atoms with van der Waals surface area (Å²) in [6.07, 6.45) is 1.11. The van der Waals surface area contributed by atoms with E-state index in [0.717, 1.165) is 0 Å². The number of hydrogen-bond acceptors (Lipinski definition) is 7. The van der Waals surface area contributed by atoms with E-state index in [1.54, 1.807) is 37.4 Å². The van der Waals surface area contributed by atoms with Crippen molar-refractivity contribution in [2.24, 2.45) is 0 Å². The molecule has 3 rings (SSSR count). The number of aromatic nitrogens is 5. The minimum Gasteiger partial charge on any atom is -0.493 e. The van der Waals surface area contributed by atoms with E-state index in [1.807, 2.05) is 12.1 Å². The molecule has 9 heteroatoms. The summed E-state index contributed by atoms with van der Waals surface area (Å²) >= 11 is 0. The van der Waals surface area contributed by atoms with E-state index < -0.39 is 6.09 Å². The normalized spacial score (nSPS) is 10.3. The van der Waals surface area contributed by atoms with Crippen LogP contribution < -0.4 is 14.8 Å². The Hall–Kier alpha value is -3.49. The van der Waals surface area contributed by atoms with E-state index in [1.165, 1.54) is 11.9 Å². The van der Waals surface area contributed by atoms with E-state index in [2.05, 4.69) is 25.7 Å². The lowest BCUT2D eigenvalue weighted by molar-refractivity contribution is 0.199. The summed E-state index contributed by atoms with van der Waals surface area (Å²) in [6, 6.07) is 10.4. The summed E-state index contributed by atoms with van der Waals surface area (Å²) in [5, 5.41) is 14.9. The lowest BCUT2D eigenvalue weighted by Crippen LogP contribution is -2.26. The molecule has 0 bridgehead atoms. The van der Waals surface area contributed by atoms with Gasteiger partial charge in [0.15, 0.2) is 11.5 Å². The first kappa shape index (κ1) is 16.4. The molecule has 3 aromatic rings. The molecule has 2 aromatic heterocycles. The molecule has 1 amide bonds. The first-order valence-electron chi connectivity index (χ1n) is 7.56. The van der Waals surface area contributed by atoms with Crippen molar-refractivity contribution in [2.45, 2.75) is 6.92 Å². The standard InChI is InChI=1S/C16H16N6O3/c1-3-17-16(23)25-13-8-7-11(10-14(13)24-2)22-20-15(19-21-22)12-6-4-5-9-18-12/h4-10H,3H2,1-2H3,(H,17,23). The zero-order valence-corrected chi connectivity index (χ0v) is 13.7. The topological polar surface area (TPSA) is 104 Å². The number of methoxy groups -OCH3 is 1. The average molecular weight is 340 g/mol. The number of carbonyl (C=O) groups is 1. The third kappa shape index (κ3) is 3.71. The van der Waals surface area contributed by atoms with E-state index in [9.17, 15) is 4.79 Å². The van der Waals surface area contributed by atoms with Gasteiger partial charge in [-0.2, -0.15) is 0 Å². The highest BCUT2D eigenvalue weighted by molar-refractivity contribution is 5.71. The lowest BCUT2D eigenvalue weighted by atomic mass is 10.3. The molecule has 0 saturated heterocycles. The predicted octanol–water partition coefficient (Wildman–Crippen LogP) is 1.84. The number of amides is 1. The number of ether oxygens (including phenoxy) is 2. The number of carbonyl (C=O) groups excluding carboxylic acids is 1. The monoisotopic (exact) mass is 340 g/mol. The highest BCUT2D eigenvalue weighted by Crippen LogP contribution is 2.29. The van der Waals surface area contributed by atoms with E-state index >= 15 is 0 Å². The second-order valence-corrected chi connectivity index (χ2v) is 4.87. The van der Waals surface area contributed by atoms with Gasteiger partial charge in [0.2, 0.25) is 5.82 Å². The molecule has 0 fully saturated rings. The average Bonchev–Trinajstić information content (AvgIpc) is 3.13. The zero-order chi connectivity index (χ0) is 17.6. The fourth-order valence-electron chi connectivity index (χ4n) is 2.07. The molecule has 0 aliphatic rings. The van der Waals surface area contributed by atoms with Crippen LogP contribution in [0.5, 0.6) is 11.5 Å². The van der Waals surface area contributed by atoms with Gasteiger partial charge in [-0.05, 0) is 36.4 Å². The number of nitrogens with zero attached hydrogens (tertiary/aromatic N) is 5. The van der Waals surface area contributed by atoms with Crippen molar-refractivity contribution in [3.63, 3.8) is 0 Å². The Morgan fingerprint density at radius 3 is 2.84 bits per heavy atom. The van der Waals surface area contributed by atoms with Gasteiger partial charge in [-0.3, -0.25) is 4.98 Å². The summed E-state index contributed by atoms with van der Waals surface area (Å²) in [5.41, 5.74) is 1.23. The van der Waals surface area contributed by atoms with Crippen molar-refractivity contribution in [3.05, 3.63) is 42.6 Å². The second kappa shape index (κ2) is 7.39. The predicted molar refractivity (Wildman–Crippen MR) is 88.6 cm³/mol. The van der Waals surface area contributed by atoms with Crippen LogP contribution in [0.3, 0.4) is 0 Å². The molecule has 0 atom stereocenters. The van der Waals surface area contributed by atoms with Crippen LogP contribution in [-0.2, 0) is 0 Å². The fraction of sp³-hybridized carbons (Fsp3) is 0.188. The Morgan fingerprint density at radius 1 is 1.24 bits per heavy atom. The molecule has 0 aliphatic carbocycles. The molecular weight excluding hydrogens is 324 g/mol. The molecule has 0 saturated carbocycles. The highest BCUT2D eigenvalue weighted by Gasteiger charge is 2.13. The van der Waals surface area contributed by atoms with Crippen LogP contribution in [0, 0.1) is 0 Å². The quantitative estimate of drug-likeness (QED) is 0.755. The molecule has 2 heterocycles. The third-order valence-corrected chi connectivity index (χ3v) is 3.21. The number of tetrazole rings is 1. The molecule has 0 unspecified atom stereocenters. The molecular formula is C16H16N6O3. The van der Waals surface area contributed by atoms with Gasteiger partial charge >= 0.3 is 6.09 Å². The minimum absolute atomic E-state index is 0.294. The molecule has 128 valence electrons. The molecule has 0 aliphatic heterocycles. The van der Waals surface area contributed by atoms with Crippen molar-refractivity contribution in [1.82, 2.24) is 30.5 Å². The minimum atomic E-state index is -0.551. The summed E-state index contributed by atoms with van der Waals surface area (Å²) in [5.74, 6) is 1.07. The smallest absolute Gasteiger partial charge is 0.412 e. The van der Waals surface area contributed by atoms with E-state index in [-0.39, 0.29) is 0 Å². The zero-order valence-electron chi connectivity index (χ0n) is 13.7. The van der Waals surface area contributed by atoms with Crippen LogP contribution in [0.2, 0.25) is 0 Å².